The molecular formula is C17H25N5O2. The number of hydrogen-bond donors (Lipinski definition) is 0. The zero-order valence-electron chi connectivity index (χ0n) is 14.1. The van der Waals surface area contributed by atoms with Crippen molar-refractivity contribution in [2.24, 2.45) is 0 Å². The molecule has 0 N–H and O–H groups in total. The maximum atomic E-state index is 12.5. The lowest BCUT2D eigenvalue weighted by atomic mass is 9.98. The second-order valence-electron chi connectivity index (χ2n) is 6.71. The van der Waals surface area contributed by atoms with E-state index in [1.165, 1.54) is 24.1 Å². The van der Waals surface area contributed by atoms with Crippen LogP contribution in [0.4, 0.5) is 10.7 Å². The van der Waals surface area contributed by atoms with Crippen molar-refractivity contribution in [1.82, 2.24) is 19.8 Å². The van der Waals surface area contributed by atoms with E-state index in [9.17, 15) is 4.79 Å². The lowest BCUT2D eigenvalue weighted by Gasteiger charge is -2.38. The Hall–Kier alpha value is -1.89. The third kappa shape index (κ3) is 3.17. The molecule has 2 fully saturated rings. The number of aromatic nitrogens is 2. The maximum Gasteiger partial charge on any atom is 0.320 e. The molecule has 1 aromatic heterocycles. The first-order valence-electron chi connectivity index (χ1n) is 9.02. The second kappa shape index (κ2) is 6.93. The topological polar surface area (TPSA) is 61.8 Å². The second-order valence-corrected chi connectivity index (χ2v) is 6.71. The number of piperazine rings is 1. The number of amides is 2. The van der Waals surface area contributed by atoms with E-state index in [1.807, 2.05) is 16.0 Å². The van der Waals surface area contributed by atoms with Crippen LogP contribution in [0.3, 0.4) is 0 Å². The molecule has 0 bridgehead atoms. The Kier molecular flexibility index (Phi) is 4.51. The van der Waals surface area contributed by atoms with Gasteiger partial charge in [0.1, 0.15) is 0 Å². The van der Waals surface area contributed by atoms with Crippen LogP contribution in [-0.2, 0) is 17.6 Å². The third-order valence-electron chi connectivity index (χ3n) is 5.17. The van der Waals surface area contributed by atoms with Crippen molar-refractivity contribution in [3.63, 3.8) is 0 Å². The summed E-state index contributed by atoms with van der Waals surface area (Å²) in [5, 5.41) is 0. The molecule has 0 spiro atoms. The Morgan fingerprint density at radius 2 is 1.67 bits per heavy atom. The van der Waals surface area contributed by atoms with E-state index in [0.717, 1.165) is 45.0 Å². The minimum Gasteiger partial charge on any atom is -0.378 e. The number of fused-ring (bicyclic) bond motifs is 1. The number of hydrogen-bond acceptors (Lipinski definition) is 5. The van der Waals surface area contributed by atoms with Crippen LogP contribution < -0.4 is 4.90 Å². The van der Waals surface area contributed by atoms with Crippen molar-refractivity contribution in [3.8, 4) is 0 Å². The maximum absolute atomic E-state index is 12.5. The molecule has 2 aliphatic heterocycles. The third-order valence-corrected chi connectivity index (χ3v) is 5.17. The molecule has 4 rings (SSSR count). The number of ether oxygens (including phenoxy) is 1. The average molecular weight is 331 g/mol. The van der Waals surface area contributed by atoms with E-state index in [0.29, 0.717) is 26.3 Å². The van der Waals surface area contributed by atoms with Crippen molar-refractivity contribution in [2.75, 3.05) is 57.4 Å². The highest BCUT2D eigenvalue weighted by Gasteiger charge is 2.27. The van der Waals surface area contributed by atoms with Gasteiger partial charge >= 0.3 is 6.03 Å². The Morgan fingerprint density at radius 3 is 2.46 bits per heavy atom. The van der Waals surface area contributed by atoms with Crippen LogP contribution in [0.2, 0.25) is 0 Å². The largest absolute Gasteiger partial charge is 0.378 e. The van der Waals surface area contributed by atoms with E-state index >= 15 is 0 Å². The van der Waals surface area contributed by atoms with Crippen LogP contribution in [0.25, 0.3) is 0 Å². The molecular weight excluding hydrogens is 306 g/mol. The molecule has 0 atom stereocenters. The predicted octanol–water partition coefficient (Wildman–Crippen LogP) is 0.930. The fourth-order valence-corrected chi connectivity index (χ4v) is 3.67. The number of carbonyl (C=O) groups excluding carboxylic acids is 1. The van der Waals surface area contributed by atoms with Crippen molar-refractivity contribution in [2.45, 2.75) is 25.7 Å². The fourth-order valence-electron chi connectivity index (χ4n) is 3.67. The van der Waals surface area contributed by atoms with Gasteiger partial charge in [0.2, 0.25) is 5.95 Å². The van der Waals surface area contributed by atoms with Crippen LogP contribution in [0, 0.1) is 0 Å². The molecule has 3 heterocycles. The van der Waals surface area contributed by atoms with Crippen LogP contribution in [0.1, 0.15) is 24.1 Å². The molecule has 24 heavy (non-hydrogen) atoms. The molecule has 2 amide bonds. The van der Waals surface area contributed by atoms with Gasteiger partial charge in [-0.1, -0.05) is 0 Å². The molecule has 130 valence electrons. The monoisotopic (exact) mass is 331 g/mol. The minimum atomic E-state index is 0.143. The van der Waals surface area contributed by atoms with Crippen LogP contribution in [-0.4, -0.2) is 78.3 Å². The fraction of sp³-hybridized carbons (Fsp3) is 0.706. The van der Waals surface area contributed by atoms with E-state index in [4.69, 9.17) is 9.72 Å². The Balaban J connectivity index is 1.36. The summed E-state index contributed by atoms with van der Waals surface area (Å²) in [5.41, 5.74) is 2.53. The van der Waals surface area contributed by atoms with Gasteiger partial charge < -0.3 is 19.4 Å². The Labute approximate surface area is 142 Å². The van der Waals surface area contributed by atoms with E-state index < -0.39 is 0 Å². The SMILES string of the molecule is O=C(N1CCOCC1)N1CCN(c2ncc3c(n2)CCCC3)CC1. The summed E-state index contributed by atoms with van der Waals surface area (Å²) in [7, 11) is 0. The number of morpholine rings is 1. The first-order chi connectivity index (χ1) is 11.8. The molecule has 3 aliphatic rings. The zero-order chi connectivity index (χ0) is 16.4. The molecule has 1 aromatic rings. The molecule has 0 aromatic carbocycles. The Bertz CT molecular complexity index is 595. The van der Waals surface area contributed by atoms with Gasteiger partial charge in [-0.3, -0.25) is 0 Å². The lowest BCUT2D eigenvalue weighted by Crippen LogP contribution is -2.55. The summed E-state index contributed by atoms with van der Waals surface area (Å²) in [6.45, 7) is 5.76. The van der Waals surface area contributed by atoms with Gasteiger partial charge in [0.25, 0.3) is 0 Å². The van der Waals surface area contributed by atoms with Gasteiger partial charge in [0.15, 0.2) is 0 Å². The highest BCUT2D eigenvalue weighted by atomic mass is 16.5. The van der Waals surface area contributed by atoms with Gasteiger partial charge in [-0.2, -0.15) is 0 Å². The molecule has 0 radical (unpaired) electrons. The first-order valence-corrected chi connectivity index (χ1v) is 9.02. The molecule has 0 unspecified atom stereocenters. The normalized spacial score (nSPS) is 21.6. The summed E-state index contributed by atoms with van der Waals surface area (Å²) in [6.07, 6.45) is 6.66. The zero-order valence-corrected chi connectivity index (χ0v) is 14.1. The first kappa shape index (κ1) is 15.6. The molecule has 0 saturated carbocycles. The molecule has 7 nitrogen and oxygen atoms in total. The smallest absolute Gasteiger partial charge is 0.320 e. The number of carbonyl (C=O) groups is 1. The van der Waals surface area contributed by atoms with Gasteiger partial charge in [-0.25, -0.2) is 14.8 Å². The van der Waals surface area contributed by atoms with Crippen molar-refractivity contribution in [1.29, 1.82) is 0 Å². The highest BCUT2D eigenvalue weighted by molar-refractivity contribution is 5.75. The molecule has 1 aliphatic carbocycles. The van der Waals surface area contributed by atoms with Gasteiger partial charge in [0.05, 0.1) is 13.2 Å². The van der Waals surface area contributed by atoms with Crippen LogP contribution in [0.15, 0.2) is 6.20 Å². The van der Waals surface area contributed by atoms with E-state index in [1.54, 1.807) is 0 Å². The van der Waals surface area contributed by atoms with Crippen molar-refractivity contribution < 1.29 is 9.53 Å². The van der Waals surface area contributed by atoms with Gasteiger partial charge in [-0.15, -0.1) is 0 Å². The number of nitrogens with zero attached hydrogens (tertiary/aromatic N) is 5. The number of aryl methyl sites for hydroxylation is 2. The molecule has 2 saturated heterocycles. The minimum absolute atomic E-state index is 0.143. The van der Waals surface area contributed by atoms with Crippen LogP contribution in [0.5, 0.6) is 0 Å². The molecule has 7 heteroatoms. The van der Waals surface area contributed by atoms with Crippen molar-refractivity contribution >= 4 is 12.0 Å². The summed E-state index contributed by atoms with van der Waals surface area (Å²) in [5.74, 6) is 0.828. The summed E-state index contributed by atoms with van der Waals surface area (Å²) >= 11 is 0. The summed E-state index contributed by atoms with van der Waals surface area (Å²) < 4.78 is 5.32. The predicted molar refractivity (Wildman–Crippen MR) is 90.2 cm³/mol. The van der Waals surface area contributed by atoms with Gasteiger partial charge in [-0.05, 0) is 31.2 Å². The summed E-state index contributed by atoms with van der Waals surface area (Å²) in [6, 6.07) is 0.143. The summed E-state index contributed by atoms with van der Waals surface area (Å²) in [4.78, 5) is 27.9. The average Bonchev–Trinajstić information content (AvgIpc) is 2.68. The van der Waals surface area contributed by atoms with Gasteiger partial charge in [0, 0.05) is 51.2 Å². The quantitative estimate of drug-likeness (QED) is 0.766. The van der Waals surface area contributed by atoms with Crippen molar-refractivity contribution in [3.05, 3.63) is 17.5 Å². The number of rotatable bonds is 1. The van der Waals surface area contributed by atoms with E-state index in [-0.39, 0.29) is 6.03 Å². The lowest BCUT2D eigenvalue weighted by molar-refractivity contribution is 0.0428. The number of anilines is 1. The standard InChI is InChI=1S/C17H25N5O2/c23-17(22-9-11-24-12-10-22)21-7-5-20(6-8-21)16-18-13-14-3-1-2-4-15(14)19-16/h13H,1-12H2. The highest BCUT2D eigenvalue weighted by Crippen LogP contribution is 2.21. The Morgan fingerprint density at radius 1 is 0.958 bits per heavy atom. The number of urea groups is 1. The van der Waals surface area contributed by atoms with Crippen LogP contribution >= 0.6 is 0 Å². The van der Waals surface area contributed by atoms with E-state index in [2.05, 4.69) is 9.88 Å².